The minimum Gasteiger partial charge on any atom is -0.378 e. The molecule has 1 aliphatic heterocycles. The van der Waals surface area contributed by atoms with Crippen molar-refractivity contribution in [3.05, 3.63) is 30.1 Å². The topological polar surface area (TPSA) is 34.1 Å². The van der Waals surface area contributed by atoms with Crippen LogP contribution in [0.2, 0.25) is 0 Å². The Labute approximate surface area is 110 Å². The van der Waals surface area contributed by atoms with Gasteiger partial charge in [0, 0.05) is 31.0 Å². The molecular weight excluding hydrogens is 224 g/mol. The van der Waals surface area contributed by atoms with Crippen LogP contribution < -0.4 is 5.32 Å². The van der Waals surface area contributed by atoms with Gasteiger partial charge in [-0.1, -0.05) is 6.07 Å². The molecule has 100 valence electrons. The van der Waals surface area contributed by atoms with Crippen molar-refractivity contribution in [2.45, 2.75) is 50.7 Å². The van der Waals surface area contributed by atoms with E-state index in [0.717, 1.165) is 13.0 Å². The first-order chi connectivity index (χ1) is 8.88. The quantitative estimate of drug-likeness (QED) is 0.805. The average Bonchev–Trinajstić information content (AvgIpc) is 2.92. The molecule has 0 aromatic carbocycles. The second kappa shape index (κ2) is 7.49. The van der Waals surface area contributed by atoms with Crippen LogP contribution in [0.15, 0.2) is 24.4 Å². The molecule has 1 N–H and O–H groups in total. The Bertz CT molecular complexity index is 323. The molecule has 2 heterocycles. The van der Waals surface area contributed by atoms with Crippen molar-refractivity contribution in [3.8, 4) is 0 Å². The van der Waals surface area contributed by atoms with Crippen LogP contribution in [0.1, 0.15) is 37.8 Å². The zero-order chi connectivity index (χ0) is 12.6. The predicted octanol–water partition coefficient (Wildman–Crippen LogP) is 2.56. The van der Waals surface area contributed by atoms with Gasteiger partial charge in [0.2, 0.25) is 0 Å². The Hall–Kier alpha value is -0.930. The zero-order valence-electron chi connectivity index (χ0n) is 11.3. The number of likely N-dealkylation sites (N-methyl/N-ethyl adjacent to an activating group) is 1. The van der Waals surface area contributed by atoms with E-state index in [1.807, 2.05) is 19.3 Å². The van der Waals surface area contributed by atoms with E-state index in [1.165, 1.54) is 37.8 Å². The Morgan fingerprint density at radius 2 is 2.44 bits per heavy atom. The summed E-state index contributed by atoms with van der Waals surface area (Å²) >= 11 is 0. The van der Waals surface area contributed by atoms with Crippen LogP contribution in [0.3, 0.4) is 0 Å². The Morgan fingerprint density at radius 3 is 3.11 bits per heavy atom. The van der Waals surface area contributed by atoms with Gasteiger partial charge in [0.25, 0.3) is 0 Å². The van der Waals surface area contributed by atoms with Gasteiger partial charge in [-0.15, -0.1) is 0 Å². The van der Waals surface area contributed by atoms with Gasteiger partial charge in [-0.05, 0) is 51.3 Å². The molecule has 1 fully saturated rings. The third-order valence-electron chi connectivity index (χ3n) is 3.69. The third kappa shape index (κ3) is 4.39. The van der Waals surface area contributed by atoms with Crippen LogP contribution in [0.5, 0.6) is 0 Å². The molecule has 0 aliphatic carbocycles. The zero-order valence-corrected chi connectivity index (χ0v) is 11.3. The van der Waals surface area contributed by atoms with Crippen molar-refractivity contribution in [2.24, 2.45) is 0 Å². The first-order valence-corrected chi connectivity index (χ1v) is 7.07. The largest absolute Gasteiger partial charge is 0.378 e. The Balaban J connectivity index is 1.68. The van der Waals surface area contributed by atoms with Gasteiger partial charge in [-0.25, -0.2) is 0 Å². The number of pyridine rings is 1. The molecule has 1 saturated heterocycles. The van der Waals surface area contributed by atoms with Crippen LogP contribution >= 0.6 is 0 Å². The summed E-state index contributed by atoms with van der Waals surface area (Å²) in [6, 6.07) is 6.66. The minimum absolute atomic E-state index is 0.525. The summed E-state index contributed by atoms with van der Waals surface area (Å²) < 4.78 is 5.65. The lowest BCUT2D eigenvalue weighted by Gasteiger charge is -2.16. The summed E-state index contributed by atoms with van der Waals surface area (Å²) in [6.07, 6.45) is 9.56. The van der Waals surface area contributed by atoms with Crippen LogP contribution in [0.4, 0.5) is 0 Å². The lowest BCUT2D eigenvalue weighted by atomic mass is 10.0. The monoisotopic (exact) mass is 248 g/mol. The van der Waals surface area contributed by atoms with E-state index in [-0.39, 0.29) is 0 Å². The first kappa shape index (κ1) is 13.5. The molecule has 2 atom stereocenters. The second-order valence-electron chi connectivity index (χ2n) is 5.08. The van der Waals surface area contributed by atoms with Crippen molar-refractivity contribution >= 4 is 0 Å². The van der Waals surface area contributed by atoms with Crippen LogP contribution in [-0.4, -0.2) is 30.8 Å². The molecule has 18 heavy (non-hydrogen) atoms. The second-order valence-corrected chi connectivity index (χ2v) is 5.08. The third-order valence-corrected chi connectivity index (χ3v) is 3.69. The molecule has 1 aromatic rings. The van der Waals surface area contributed by atoms with Gasteiger partial charge in [0.05, 0.1) is 6.10 Å². The number of hydrogen-bond acceptors (Lipinski definition) is 3. The SMILES string of the molecule is CNC(CCCC1CCCO1)Cc1ccccn1. The summed E-state index contributed by atoms with van der Waals surface area (Å²) in [7, 11) is 2.04. The molecule has 0 bridgehead atoms. The smallest absolute Gasteiger partial charge is 0.0576 e. The number of nitrogens with zero attached hydrogens (tertiary/aromatic N) is 1. The molecule has 1 aromatic heterocycles. The Morgan fingerprint density at radius 1 is 1.50 bits per heavy atom. The molecule has 2 unspecified atom stereocenters. The summed E-state index contributed by atoms with van der Waals surface area (Å²) in [6.45, 7) is 0.966. The van der Waals surface area contributed by atoms with Gasteiger partial charge in [0.15, 0.2) is 0 Å². The minimum atomic E-state index is 0.525. The van der Waals surface area contributed by atoms with Crippen LogP contribution in [0.25, 0.3) is 0 Å². The fraction of sp³-hybridized carbons (Fsp3) is 0.667. The molecule has 0 spiro atoms. The summed E-state index contributed by atoms with van der Waals surface area (Å²) in [5.41, 5.74) is 1.17. The molecule has 3 nitrogen and oxygen atoms in total. The first-order valence-electron chi connectivity index (χ1n) is 7.07. The van der Waals surface area contributed by atoms with E-state index in [1.54, 1.807) is 0 Å². The average molecular weight is 248 g/mol. The maximum Gasteiger partial charge on any atom is 0.0576 e. The summed E-state index contributed by atoms with van der Waals surface area (Å²) in [5, 5.41) is 3.40. The van der Waals surface area contributed by atoms with E-state index < -0.39 is 0 Å². The molecule has 3 heteroatoms. The molecule has 0 saturated carbocycles. The normalized spacial score (nSPS) is 21.1. The van der Waals surface area contributed by atoms with Crippen molar-refractivity contribution < 1.29 is 4.74 Å². The fourth-order valence-corrected chi connectivity index (χ4v) is 2.58. The van der Waals surface area contributed by atoms with E-state index in [0.29, 0.717) is 12.1 Å². The standard InChI is InChI=1S/C15H24N2O/c1-16-13(12-14-6-2-3-10-17-14)7-4-8-15-9-5-11-18-15/h2-3,6,10,13,15-16H,4-5,7-9,11-12H2,1H3. The molecule has 0 radical (unpaired) electrons. The van der Waals surface area contributed by atoms with E-state index in [9.17, 15) is 0 Å². The summed E-state index contributed by atoms with van der Waals surface area (Å²) in [4.78, 5) is 4.39. The lowest BCUT2D eigenvalue weighted by molar-refractivity contribution is 0.101. The van der Waals surface area contributed by atoms with E-state index in [2.05, 4.69) is 22.4 Å². The van der Waals surface area contributed by atoms with Crippen molar-refractivity contribution in [1.29, 1.82) is 0 Å². The fourth-order valence-electron chi connectivity index (χ4n) is 2.58. The van der Waals surface area contributed by atoms with Crippen LogP contribution in [-0.2, 0) is 11.2 Å². The number of aromatic nitrogens is 1. The highest BCUT2D eigenvalue weighted by atomic mass is 16.5. The molecule has 0 amide bonds. The number of ether oxygens (including phenoxy) is 1. The number of nitrogens with one attached hydrogen (secondary N) is 1. The molecule has 2 rings (SSSR count). The van der Waals surface area contributed by atoms with Crippen LogP contribution in [0, 0.1) is 0 Å². The van der Waals surface area contributed by atoms with Crippen molar-refractivity contribution in [3.63, 3.8) is 0 Å². The van der Waals surface area contributed by atoms with Crippen molar-refractivity contribution in [1.82, 2.24) is 10.3 Å². The van der Waals surface area contributed by atoms with Gasteiger partial charge in [-0.2, -0.15) is 0 Å². The number of rotatable bonds is 7. The predicted molar refractivity (Wildman–Crippen MR) is 73.6 cm³/mol. The summed E-state index contributed by atoms with van der Waals surface area (Å²) in [5.74, 6) is 0. The highest BCUT2D eigenvalue weighted by molar-refractivity contribution is 5.05. The highest BCUT2D eigenvalue weighted by Crippen LogP contribution is 2.18. The van der Waals surface area contributed by atoms with Crippen molar-refractivity contribution in [2.75, 3.05) is 13.7 Å². The maximum atomic E-state index is 5.65. The lowest BCUT2D eigenvalue weighted by Crippen LogP contribution is -2.28. The Kier molecular flexibility index (Phi) is 5.62. The number of hydrogen-bond donors (Lipinski definition) is 1. The van der Waals surface area contributed by atoms with E-state index >= 15 is 0 Å². The van der Waals surface area contributed by atoms with Gasteiger partial charge >= 0.3 is 0 Å². The maximum absolute atomic E-state index is 5.65. The van der Waals surface area contributed by atoms with Gasteiger partial charge in [0.1, 0.15) is 0 Å². The van der Waals surface area contributed by atoms with Gasteiger partial charge < -0.3 is 10.1 Å². The molecule has 1 aliphatic rings. The van der Waals surface area contributed by atoms with Gasteiger partial charge in [-0.3, -0.25) is 4.98 Å². The molecular formula is C15H24N2O. The highest BCUT2D eigenvalue weighted by Gasteiger charge is 2.16. The van der Waals surface area contributed by atoms with E-state index in [4.69, 9.17) is 4.74 Å².